The molecule has 28 heavy (non-hydrogen) atoms. The van der Waals surface area contributed by atoms with Crippen LogP contribution in [0.4, 0.5) is 5.82 Å². The number of nitrogens with zero attached hydrogens (tertiary/aromatic N) is 4. The normalized spacial score (nSPS) is 11.1. The average Bonchev–Trinajstić information content (AvgIpc) is 2.72. The highest BCUT2D eigenvalue weighted by Gasteiger charge is 2.28. The Morgan fingerprint density at radius 3 is 2.50 bits per heavy atom. The molecule has 0 aliphatic carbocycles. The molecule has 0 aliphatic rings. The molecule has 3 aromatic rings. The van der Waals surface area contributed by atoms with Gasteiger partial charge in [0.1, 0.15) is 23.6 Å². The zero-order valence-electron chi connectivity index (χ0n) is 15.1. The number of anilines is 1. The summed E-state index contributed by atoms with van der Waals surface area (Å²) in [6.07, 6.45) is 4.20. The van der Waals surface area contributed by atoms with Gasteiger partial charge < -0.3 is 9.47 Å². The second-order valence-corrected chi connectivity index (χ2v) is 8.30. The second kappa shape index (κ2) is 8.53. The molecule has 146 valence electrons. The molecule has 0 aliphatic heterocycles. The molecular weight excluding hydrogens is 448 g/mol. The van der Waals surface area contributed by atoms with Gasteiger partial charge in [-0.3, -0.25) is 0 Å². The van der Waals surface area contributed by atoms with E-state index in [4.69, 9.17) is 9.47 Å². The van der Waals surface area contributed by atoms with Gasteiger partial charge in [-0.25, -0.2) is 19.3 Å². The van der Waals surface area contributed by atoms with Gasteiger partial charge >= 0.3 is 0 Å². The lowest BCUT2D eigenvalue weighted by Gasteiger charge is -2.24. The van der Waals surface area contributed by atoms with Gasteiger partial charge in [-0.05, 0) is 40.2 Å². The number of hydrogen-bond donors (Lipinski definition) is 0. The number of rotatable bonds is 7. The molecule has 0 bridgehead atoms. The summed E-state index contributed by atoms with van der Waals surface area (Å²) in [5.74, 6) is 1.32. The lowest BCUT2D eigenvalue weighted by Crippen LogP contribution is -2.32. The highest BCUT2D eigenvalue weighted by Crippen LogP contribution is 2.29. The van der Waals surface area contributed by atoms with Gasteiger partial charge in [-0.15, -0.1) is 0 Å². The lowest BCUT2D eigenvalue weighted by atomic mass is 10.2. The van der Waals surface area contributed by atoms with E-state index in [-0.39, 0.29) is 17.4 Å². The predicted octanol–water partition coefficient (Wildman–Crippen LogP) is 3.05. The number of methoxy groups -OCH3 is 2. The second-order valence-electron chi connectivity index (χ2n) is 5.57. The van der Waals surface area contributed by atoms with Crippen LogP contribution in [-0.2, 0) is 16.6 Å². The Balaban J connectivity index is 2.07. The molecule has 0 atom stereocenters. The highest BCUT2D eigenvalue weighted by atomic mass is 79.9. The summed E-state index contributed by atoms with van der Waals surface area (Å²) in [7, 11) is -0.927. The van der Waals surface area contributed by atoms with Gasteiger partial charge in [-0.1, -0.05) is 0 Å². The molecule has 3 rings (SSSR count). The minimum absolute atomic E-state index is 0.00966. The average molecular weight is 465 g/mol. The standard InChI is InChI=1S/C18H17BrN4O4S/c1-26-15-5-3-13(16(9-15)27-2)11-23(17-7-8-20-12-22-17)28(24,25)18-6-4-14(19)10-21-18/h3-10,12H,11H2,1-2H3. The van der Waals surface area contributed by atoms with Crippen LogP contribution in [0.1, 0.15) is 5.56 Å². The van der Waals surface area contributed by atoms with Crippen LogP contribution in [0.2, 0.25) is 0 Å². The number of aromatic nitrogens is 3. The van der Waals surface area contributed by atoms with Crippen LogP contribution in [0.25, 0.3) is 0 Å². The molecule has 1 aromatic carbocycles. The Morgan fingerprint density at radius 2 is 1.89 bits per heavy atom. The molecule has 8 nitrogen and oxygen atoms in total. The summed E-state index contributed by atoms with van der Waals surface area (Å²) >= 11 is 3.26. The molecule has 0 amide bonds. The van der Waals surface area contributed by atoms with Gasteiger partial charge in [-0.2, -0.15) is 8.42 Å². The van der Waals surface area contributed by atoms with Crippen molar-refractivity contribution in [3.05, 3.63) is 65.2 Å². The van der Waals surface area contributed by atoms with Crippen molar-refractivity contribution in [2.75, 3.05) is 18.5 Å². The third-order valence-electron chi connectivity index (χ3n) is 3.88. The SMILES string of the molecule is COc1ccc(CN(c2ccncn2)S(=O)(=O)c2ccc(Br)cn2)c(OC)c1. The van der Waals surface area contributed by atoms with Crippen LogP contribution in [0.5, 0.6) is 11.5 Å². The first-order chi connectivity index (χ1) is 13.5. The molecule has 0 fully saturated rings. The number of sulfonamides is 1. The monoisotopic (exact) mass is 464 g/mol. The minimum atomic E-state index is -3.99. The fourth-order valence-electron chi connectivity index (χ4n) is 2.49. The third-order valence-corrected chi connectivity index (χ3v) is 6.02. The fraction of sp³-hybridized carbons (Fsp3) is 0.167. The van der Waals surface area contributed by atoms with E-state index >= 15 is 0 Å². The molecule has 0 spiro atoms. The summed E-state index contributed by atoms with van der Waals surface area (Å²) in [5.41, 5.74) is 0.641. The maximum atomic E-state index is 13.3. The topological polar surface area (TPSA) is 94.5 Å². The number of halogens is 1. The van der Waals surface area contributed by atoms with E-state index in [0.29, 0.717) is 21.5 Å². The van der Waals surface area contributed by atoms with Crippen LogP contribution in [0, 0.1) is 0 Å². The van der Waals surface area contributed by atoms with E-state index in [9.17, 15) is 8.42 Å². The molecule has 0 N–H and O–H groups in total. The van der Waals surface area contributed by atoms with Crippen LogP contribution < -0.4 is 13.8 Å². The molecule has 2 heterocycles. The maximum absolute atomic E-state index is 13.3. The lowest BCUT2D eigenvalue weighted by molar-refractivity contribution is 0.391. The van der Waals surface area contributed by atoms with Crippen molar-refractivity contribution in [3.63, 3.8) is 0 Å². The van der Waals surface area contributed by atoms with E-state index in [1.807, 2.05) is 0 Å². The van der Waals surface area contributed by atoms with E-state index in [2.05, 4.69) is 30.9 Å². The van der Waals surface area contributed by atoms with Crippen molar-refractivity contribution in [1.82, 2.24) is 15.0 Å². The Labute approximate surface area is 171 Å². The summed E-state index contributed by atoms with van der Waals surface area (Å²) in [6, 6.07) is 9.74. The number of hydrogen-bond acceptors (Lipinski definition) is 7. The molecule has 0 saturated carbocycles. The van der Waals surface area contributed by atoms with Crippen molar-refractivity contribution < 1.29 is 17.9 Å². The Kier molecular flexibility index (Phi) is 6.10. The molecular formula is C18H17BrN4O4S. The maximum Gasteiger partial charge on any atom is 0.283 e. The number of benzene rings is 1. The largest absolute Gasteiger partial charge is 0.497 e. The summed E-state index contributed by atoms with van der Waals surface area (Å²) < 4.78 is 39.0. The quantitative estimate of drug-likeness (QED) is 0.530. The minimum Gasteiger partial charge on any atom is -0.497 e. The third kappa shape index (κ3) is 4.23. The van der Waals surface area contributed by atoms with Crippen molar-refractivity contribution in [3.8, 4) is 11.5 Å². The summed E-state index contributed by atoms with van der Waals surface area (Å²) in [5, 5.41) is -0.0956. The van der Waals surface area contributed by atoms with Crippen LogP contribution in [-0.4, -0.2) is 37.6 Å². The Morgan fingerprint density at radius 1 is 1.07 bits per heavy atom. The van der Waals surface area contributed by atoms with E-state index in [0.717, 1.165) is 4.31 Å². The van der Waals surface area contributed by atoms with Crippen LogP contribution in [0.3, 0.4) is 0 Å². The van der Waals surface area contributed by atoms with Crippen molar-refractivity contribution in [1.29, 1.82) is 0 Å². The van der Waals surface area contributed by atoms with E-state index in [1.165, 1.54) is 38.0 Å². The Hall–Kier alpha value is -2.72. The molecule has 0 unspecified atom stereocenters. The molecule has 0 saturated heterocycles. The van der Waals surface area contributed by atoms with Gasteiger partial charge in [0.05, 0.1) is 20.8 Å². The van der Waals surface area contributed by atoms with Crippen molar-refractivity contribution in [2.45, 2.75) is 11.6 Å². The van der Waals surface area contributed by atoms with E-state index in [1.54, 1.807) is 31.4 Å². The van der Waals surface area contributed by atoms with Crippen molar-refractivity contribution in [2.24, 2.45) is 0 Å². The Bertz CT molecular complexity index is 1050. The zero-order chi connectivity index (χ0) is 20.1. The first kappa shape index (κ1) is 20.0. The van der Waals surface area contributed by atoms with Crippen LogP contribution in [0.15, 0.2) is 64.6 Å². The number of ether oxygens (including phenoxy) is 2. The predicted molar refractivity (Wildman–Crippen MR) is 107 cm³/mol. The fourth-order valence-corrected chi connectivity index (χ4v) is 4.03. The highest BCUT2D eigenvalue weighted by molar-refractivity contribution is 9.10. The molecule has 10 heteroatoms. The van der Waals surface area contributed by atoms with Crippen LogP contribution >= 0.6 is 15.9 Å². The molecule has 2 aromatic heterocycles. The van der Waals surface area contributed by atoms with Gasteiger partial charge in [0.25, 0.3) is 10.0 Å². The summed E-state index contributed by atoms with van der Waals surface area (Å²) in [4.78, 5) is 12.0. The summed E-state index contributed by atoms with van der Waals surface area (Å²) in [6.45, 7) is -0.00966. The van der Waals surface area contributed by atoms with Gasteiger partial charge in [0, 0.05) is 34.6 Å². The first-order valence-corrected chi connectivity index (χ1v) is 10.3. The van der Waals surface area contributed by atoms with E-state index < -0.39 is 10.0 Å². The molecule has 0 radical (unpaired) electrons. The smallest absolute Gasteiger partial charge is 0.283 e. The number of pyridine rings is 1. The van der Waals surface area contributed by atoms with Gasteiger partial charge in [0.2, 0.25) is 0 Å². The van der Waals surface area contributed by atoms with Gasteiger partial charge in [0.15, 0.2) is 5.03 Å². The van der Waals surface area contributed by atoms with Crippen molar-refractivity contribution >= 4 is 31.8 Å². The zero-order valence-corrected chi connectivity index (χ0v) is 17.5. The first-order valence-electron chi connectivity index (χ1n) is 8.07.